The van der Waals surface area contributed by atoms with Crippen LogP contribution in [-0.4, -0.2) is 23.1 Å². The lowest BCUT2D eigenvalue weighted by atomic mass is 10.0. The summed E-state index contributed by atoms with van der Waals surface area (Å²) in [6, 6.07) is 0. The number of hydrogen-bond donors (Lipinski definition) is 1. The van der Waals surface area contributed by atoms with Crippen LogP contribution >= 0.6 is 0 Å². The Morgan fingerprint density at radius 3 is 1.48 bits per heavy atom. The highest BCUT2D eigenvalue weighted by Gasteiger charge is 2.09. The predicted molar refractivity (Wildman–Crippen MR) is 181 cm³/mol. The summed E-state index contributed by atoms with van der Waals surface area (Å²) in [6.45, 7) is 4.28. The van der Waals surface area contributed by atoms with Gasteiger partial charge in [-0.15, -0.1) is 0 Å². The summed E-state index contributed by atoms with van der Waals surface area (Å²) >= 11 is 0. The van der Waals surface area contributed by atoms with Crippen LogP contribution in [0.15, 0.2) is 36.5 Å². The number of carboxylic acid groups (broad SMARTS) is 1. The fraction of sp³-hybridized carbons (Fsp3) is 0.789. The number of allylic oxidation sites excluding steroid dienone is 6. The van der Waals surface area contributed by atoms with Crippen LogP contribution in [0, 0.1) is 0 Å². The maximum Gasteiger partial charge on any atom is 0.306 e. The van der Waals surface area contributed by atoms with E-state index in [0.717, 1.165) is 51.4 Å². The summed E-state index contributed by atoms with van der Waals surface area (Å²) in [5.74, 6) is -0.713. The van der Waals surface area contributed by atoms with Gasteiger partial charge in [-0.25, -0.2) is 0 Å². The van der Waals surface area contributed by atoms with Gasteiger partial charge < -0.3 is 9.84 Å². The van der Waals surface area contributed by atoms with Crippen molar-refractivity contribution < 1.29 is 19.4 Å². The van der Waals surface area contributed by atoms with Crippen molar-refractivity contribution >= 4 is 11.9 Å². The fourth-order valence-corrected chi connectivity index (χ4v) is 5.13. The van der Waals surface area contributed by atoms with E-state index >= 15 is 0 Å². The third-order valence-corrected chi connectivity index (χ3v) is 7.82. The number of carbonyl (C=O) groups is 2. The minimum Gasteiger partial charge on any atom is -0.481 e. The van der Waals surface area contributed by atoms with Crippen LogP contribution in [0.25, 0.3) is 0 Å². The average Bonchev–Trinajstić information content (AvgIpc) is 2.96. The van der Waals surface area contributed by atoms with E-state index in [-0.39, 0.29) is 12.1 Å². The van der Waals surface area contributed by atoms with Gasteiger partial charge in [0.1, 0.15) is 0 Å². The zero-order chi connectivity index (χ0) is 30.8. The maximum atomic E-state index is 12.1. The molecule has 4 heteroatoms. The van der Waals surface area contributed by atoms with E-state index in [0.29, 0.717) is 12.8 Å². The maximum absolute atomic E-state index is 12.1. The molecule has 1 unspecified atom stereocenters. The highest BCUT2D eigenvalue weighted by Crippen LogP contribution is 2.14. The first-order chi connectivity index (χ1) is 20.6. The molecule has 1 atom stereocenters. The first-order valence-corrected chi connectivity index (χ1v) is 17.9. The summed E-state index contributed by atoms with van der Waals surface area (Å²) in [5, 5.41) is 8.64. The third-order valence-electron chi connectivity index (χ3n) is 7.82. The molecule has 0 radical (unpaired) electrons. The molecule has 0 fully saturated rings. The van der Waals surface area contributed by atoms with E-state index in [4.69, 9.17) is 9.84 Å². The lowest BCUT2D eigenvalue weighted by Crippen LogP contribution is -2.14. The van der Waals surface area contributed by atoms with Crippen molar-refractivity contribution in [2.75, 3.05) is 0 Å². The lowest BCUT2D eigenvalue weighted by Gasteiger charge is -2.13. The van der Waals surface area contributed by atoms with E-state index in [1.54, 1.807) is 0 Å². The fourth-order valence-electron chi connectivity index (χ4n) is 5.13. The Bertz CT molecular complexity index is 679. The van der Waals surface area contributed by atoms with Crippen molar-refractivity contribution in [3.8, 4) is 0 Å². The molecular formula is C38H68O4. The number of carbonyl (C=O) groups excluding carboxylic acids is 1. The predicted octanol–water partition coefficient (Wildman–Crippen LogP) is 12.2. The van der Waals surface area contributed by atoms with E-state index in [1.165, 1.54) is 109 Å². The second-order valence-corrected chi connectivity index (χ2v) is 12.2. The summed E-state index contributed by atoms with van der Waals surface area (Å²) in [5.41, 5.74) is 0. The highest BCUT2D eigenvalue weighted by molar-refractivity contribution is 5.69. The number of hydrogen-bond acceptors (Lipinski definition) is 3. The molecule has 0 heterocycles. The zero-order valence-corrected chi connectivity index (χ0v) is 27.8. The number of esters is 1. The quantitative estimate of drug-likeness (QED) is 0.0482. The zero-order valence-electron chi connectivity index (χ0n) is 27.8. The van der Waals surface area contributed by atoms with Crippen LogP contribution < -0.4 is 0 Å². The van der Waals surface area contributed by atoms with Gasteiger partial charge in [0.15, 0.2) is 0 Å². The van der Waals surface area contributed by atoms with Crippen LogP contribution in [0.1, 0.15) is 187 Å². The Kier molecular flexibility index (Phi) is 32.2. The topological polar surface area (TPSA) is 63.6 Å². The molecule has 0 rings (SSSR count). The number of ether oxygens (including phenoxy) is 1. The molecule has 0 amide bonds. The molecule has 4 nitrogen and oxygen atoms in total. The average molecular weight is 589 g/mol. The van der Waals surface area contributed by atoms with Gasteiger partial charge in [0, 0.05) is 12.8 Å². The van der Waals surface area contributed by atoms with Gasteiger partial charge in [-0.05, 0) is 90.4 Å². The van der Waals surface area contributed by atoms with Crippen molar-refractivity contribution in [1.29, 1.82) is 0 Å². The third kappa shape index (κ3) is 34.4. The SMILES string of the molecule is CCCCC/C=C\C/C=C\CCCC/C=C\CCCCCCCC(=O)OC(C)CCCCCCCCCCCC(=O)O. The van der Waals surface area contributed by atoms with E-state index < -0.39 is 5.97 Å². The van der Waals surface area contributed by atoms with Gasteiger partial charge in [0.05, 0.1) is 6.10 Å². The van der Waals surface area contributed by atoms with Crippen LogP contribution in [-0.2, 0) is 14.3 Å². The van der Waals surface area contributed by atoms with Crippen LogP contribution in [0.3, 0.4) is 0 Å². The van der Waals surface area contributed by atoms with Crippen molar-refractivity contribution in [3.63, 3.8) is 0 Å². The molecule has 0 saturated carbocycles. The van der Waals surface area contributed by atoms with E-state index in [2.05, 4.69) is 43.4 Å². The van der Waals surface area contributed by atoms with Gasteiger partial charge in [-0.2, -0.15) is 0 Å². The first kappa shape index (κ1) is 40.2. The summed E-state index contributed by atoms with van der Waals surface area (Å²) in [7, 11) is 0. The Labute approximate surface area is 260 Å². The van der Waals surface area contributed by atoms with Crippen molar-refractivity contribution in [2.24, 2.45) is 0 Å². The molecular weight excluding hydrogens is 520 g/mol. The summed E-state index contributed by atoms with van der Waals surface area (Å²) in [4.78, 5) is 22.6. The second-order valence-electron chi connectivity index (χ2n) is 12.2. The van der Waals surface area contributed by atoms with Crippen LogP contribution in [0.5, 0.6) is 0 Å². The lowest BCUT2D eigenvalue weighted by molar-refractivity contribution is -0.148. The van der Waals surface area contributed by atoms with E-state index in [1.807, 2.05) is 6.92 Å². The number of rotatable bonds is 32. The molecule has 0 saturated heterocycles. The molecule has 0 aliphatic carbocycles. The normalized spacial score (nSPS) is 12.6. The van der Waals surface area contributed by atoms with Gasteiger partial charge in [0.2, 0.25) is 0 Å². The van der Waals surface area contributed by atoms with E-state index in [9.17, 15) is 9.59 Å². The molecule has 0 aliphatic rings. The Balaban J connectivity index is 3.38. The van der Waals surface area contributed by atoms with Crippen molar-refractivity contribution in [1.82, 2.24) is 0 Å². The number of carboxylic acids is 1. The Hall–Kier alpha value is -1.84. The van der Waals surface area contributed by atoms with Gasteiger partial charge >= 0.3 is 11.9 Å². The summed E-state index contributed by atoms with van der Waals surface area (Å²) < 4.78 is 5.60. The Morgan fingerprint density at radius 2 is 0.952 bits per heavy atom. The molecule has 42 heavy (non-hydrogen) atoms. The van der Waals surface area contributed by atoms with Gasteiger partial charge in [-0.3, -0.25) is 9.59 Å². The molecule has 0 spiro atoms. The van der Waals surface area contributed by atoms with Crippen molar-refractivity contribution in [2.45, 2.75) is 193 Å². The molecule has 0 aromatic carbocycles. The largest absolute Gasteiger partial charge is 0.481 e. The minimum absolute atomic E-state index is 0.0292. The van der Waals surface area contributed by atoms with Gasteiger partial charge in [0.25, 0.3) is 0 Å². The van der Waals surface area contributed by atoms with Gasteiger partial charge in [-0.1, -0.05) is 120 Å². The molecule has 0 aromatic rings. The standard InChI is InChI=1S/C38H68O4/c1-3-4-5-6-7-8-9-10-11-12-13-14-15-16-17-18-19-23-26-29-32-35-38(41)42-36(2)33-30-27-24-21-20-22-25-28-31-34-37(39)40/h7-8,10-11,16-17,36H,3-6,9,12-15,18-35H2,1-2H3,(H,39,40)/b8-7-,11-10-,17-16-. The van der Waals surface area contributed by atoms with Crippen LogP contribution in [0.2, 0.25) is 0 Å². The first-order valence-electron chi connectivity index (χ1n) is 17.9. The minimum atomic E-state index is -0.684. The Morgan fingerprint density at radius 1 is 0.548 bits per heavy atom. The monoisotopic (exact) mass is 589 g/mol. The smallest absolute Gasteiger partial charge is 0.306 e. The number of aliphatic carboxylic acids is 1. The molecule has 244 valence electrons. The number of unbranched alkanes of at least 4 members (excludes halogenated alkanes) is 19. The summed E-state index contributed by atoms with van der Waals surface area (Å²) in [6.07, 6.45) is 44.3. The molecule has 1 N–H and O–H groups in total. The second kappa shape index (κ2) is 33.7. The van der Waals surface area contributed by atoms with Crippen molar-refractivity contribution in [3.05, 3.63) is 36.5 Å². The highest BCUT2D eigenvalue weighted by atomic mass is 16.5. The molecule has 0 aromatic heterocycles. The molecule has 0 bridgehead atoms. The van der Waals surface area contributed by atoms with Crippen LogP contribution in [0.4, 0.5) is 0 Å². The molecule has 0 aliphatic heterocycles.